The minimum absolute atomic E-state index is 1.08. The monoisotopic (exact) mass is 242 g/mol. The molecule has 0 fully saturated rings. The third-order valence-corrected chi connectivity index (χ3v) is 3.22. The molecule has 0 unspecified atom stereocenters. The van der Waals surface area contributed by atoms with E-state index in [0.29, 0.717) is 0 Å². The number of aromatic nitrogens is 1. The van der Waals surface area contributed by atoms with Gasteiger partial charge in [0.25, 0.3) is 0 Å². The molecule has 2 rings (SSSR count). The first kappa shape index (κ1) is 12.9. The Bertz CT molecular complexity index is 513. The second kappa shape index (κ2) is 5.85. The maximum atomic E-state index is 4.80. The minimum Gasteiger partial charge on any atom is -0.357 e. The molecule has 2 nitrogen and oxygen atoms in total. The van der Waals surface area contributed by atoms with E-state index in [1.165, 1.54) is 10.9 Å². The number of para-hydroxylation sites is 1. The highest BCUT2D eigenvalue weighted by Gasteiger charge is 2.08. The van der Waals surface area contributed by atoms with E-state index in [9.17, 15) is 0 Å². The van der Waals surface area contributed by atoms with Gasteiger partial charge in [0.2, 0.25) is 0 Å². The number of anilines is 1. The zero-order valence-electron chi connectivity index (χ0n) is 11.6. The van der Waals surface area contributed by atoms with Crippen molar-refractivity contribution in [2.24, 2.45) is 0 Å². The van der Waals surface area contributed by atoms with E-state index in [4.69, 9.17) is 4.98 Å². The predicted octanol–water partition coefficient (Wildman–Crippen LogP) is 4.17. The lowest BCUT2D eigenvalue weighted by molar-refractivity contribution is 0.735. The van der Waals surface area contributed by atoms with Gasteiger partial charge in [-0.2, -0.15) is 0 Å². The molecular formula is C16H22N2. The summed E-state index contributed by atoms with van der Waals surface area (Å²) in [5.41, 5.74) is 2.41. The fourth-order valence-electron chi connectivity index (χ4n) is 2.37. The quantitative estimate of drug-likeness (QED) is 0.782. The molecule has 0 aliphatic rings. The number of hydrogen-bond donors (Lipinski definition) is 0. The van der Waals surface area contributed by atoms with Crippen molar-refractivity contribution in [2.45, 2.75) is 33.6 Å². The van der Waals surface area contributed by atoms with Gasteiger partial charge in [0.15, 0.2) is 0 Å². The molecular weight excluding hydrogens is 220 g/mol. The molecule has 0 saturated carbocycles. The van der Waals surface area contributed by atoms with Crippen molar-refractivity contribution >= 4 is 16.7 Å². The highest BCUT2D eigenvalue weighted by molar-refractivity contribution is 5.83. The number of hydrogen-bond acceptors (Lipinski definition) is 2. The molecule has 96 valence electrons. The summed E-state index contributed by atoms with van der Waals surface area (Å²) in [7, 11) is 0. The summed E-state index contributed by atoms with van der Waals surface area (Å²) < 4.78 is 0. The minimum atomic E-state index is 1.08. The van der Waals surface area contributed by atoms with Gasteiger partial charge < -0.3 is 4.90 Å². The van der Waals surface area contributed by atoms with E-state index in [0.717, 1.165) is 37.3 Å². The van der Waals surface area contributed by atoms with Crippen molar-refractivity contribution in [3.63, 3.8) is 0 Å². The van der Waals surface area contributed by atoms with Crippen LogP contribution in [0.4, 0.5) is 5.82 Å². The number of rotatable bonds is 5. The van der Waals surface area contributed by atoms with Crippen LogP contribution >= 0.6 is 0 Å². The van der Waals surface area contributed by atoms with E-state index < -0.39 is 0 Å². The lowest BCUT2D eigenvalue weighted by Gasteiger charge is -2.23. The molecule has 0 aliphatic heterocycles. The van der Waals surface area contributed by atoms with Crippen LogP contribution in [0.1, 0.15) is 32.3 Å². The van der Waals surface area contributed by atoms with E-state index >= 15 is 0 Å². The van der Waals surface area contributed by atoms with Crippen LogP contribution < -0.4 is 4.90 Å². The lowest BCUT2D eigenvalue weighted by Crippen LogP contribution is -2.25. The van der Waals surface area contributed by atoms with Crippen LogP contribution in [-0.2, 0) is 0 Å². The third-order valence-electron chi connectivity index (χ3n) is 3.22. The third kappa shape index (κ3) is 2.63. The first-order valence-corrected chi connectivity index (χ1v) is 6.87. The molecule has 0 saturated heterocycles. The Balaban J connectivity index is 2.43. The van der Waals surface area contributed by atoms with Gasteiger partial charge in [0.05, 0.1) is 5.52 Å². The standard InChI is InChI=1S/C16H22N2/c1-4-10-18(11-5-2)16-12-13(3)14-8-6-7-9-15(14)17-16/h6-9,12H,4-5,10-11H2,1-3H3. The van der Waals surface area contributed by atoms with Crippen molar-refractivity contribution in [1.82, 2.24) is 4.98 Å². The van der Waals surface area contributed by atoms with Crippen molar-refractivity contribution in [2.75, 3.05) is 18.0 Å². The molecule has 0 N–H and O–H groups in total. The molecule has 0 bridgehead atoms. The maximum absolute atomic E-state index is 4.80. The Labute approximate surface area is 110 Å². The molecule has 1 aromatic carbocycles. The maximum Gasteiger partial charge on any atom is 0.129 e. The largest absolute Gasteiger partial charge is 0.357 e. The molecule has 1 heterocycles. The fraction of sp³-hybridized carbons (Fsp3) is 0.438. The summed E-state index contributed by atoms with van der Waals surface area (Å²) in [5, 5.41) is 1.26. The molecule has 1 aromatic heterocycles. The van der Waals surface area contributed by atoms with Crippen LogP contribution in [0.25, 0.3) is 10.9 Å². The van der Waals surface area contributed by atoms with Crippen LogP contribution in [0.5, 0.6) is 0 Å². The van der Waals surface area contributed by atoms with Crippen LogP contribution in [-0.4, -0.2) is 18.1 Å². The Hall–Kier alpha value is -1.57. The first-order valence-electron chi connectivity index (χ1n) is 6.87. The molecule has 0 amide bonds. The van der Waals surface area contributed by atoms with Crippen LogP contribution in [0.15, 0.2) is 30.3 Å². The average Bonchev–Trinajstić information content (AvgIpc) is 2.38. The Kier molecular flexibility index (Phi) is 4.19. The molecule has 2 heteroatoms. The second-order valence-electron chi connectivity index (χ2n) is 4.80. The van der Waals surface area contributed by atoms with Crippen LogP contribution in [0.3, 0.4) is 0 Å². The highest BCUT2D eigenvalue weighted by Crippen LogP contribution is 2.22. The van der Waals surface area contributed by atoms with E-state index in [-0.39, 0.29) is 0 Å². The Morgan fingerprint density at radius 2 is 1.72 bits per heavy atom. The number of nitrogens with zero attached hydrogens (tertiary/aromatic N) is 2. The van der Waals surface area contributed by atoms with Gasteiger partial charge in [0, 0.05) is 18.5 Å². The molecule has 2 aromatic rings. The van der Waals surface area contributed by atoms with Crippen molar-refractivity contribution in [3.8, 4) is 0 Å². The van der Waals surface area contributed by atoms with Gasteiger partial charge in [-0.15, -0.1) is 0 Å². The zero-order valence-corrected chi connectivity index (χ0v) is 11.6. The lowest BCUT2D eigenvalue weighted by atomic mass is 10.1. The number of pyridine rings is 1. The van der Waals surface area contributed by atoms with Gasteiger partial charge in [-0.25, -0.2) is 4.98 Å². The SMILES string of the molecule is CCCN(CCC)c1cc(C)c2ccccc2n1. The Morgan fingerprint density at radius 1 is 1.06 bits per heavy atom. The number of benzene rings is 1. The smallest absolute Gasteiger partial charge is 0.129 e. The summed E-state index contributed by atoms with van der Waals surface area (Å²) in [6.07, 6.45) is 2.32. The highest BCUT2D eigenvalue weighted by atomic mass is 15.2. The second-order valence-corrected chi connectivity index (χ2v) is 4.80. The molecule has 0 atom stereocenters. The summed E-state index contributed by atoms with van der Waals surface area (Å²) in [4.78, 5) is 7.19. The van der Waals surface area contributed by atoms with Crippen molar-refractivity contribution < 1.29 is 0 Å². The zero-order chi connectivity index (χ0) is 13.0. The average molecular weight is 242 g/mol. The summed E-state index contributed by atoms with van der Waals surface area (Å²) >= 11 is 0. The van der Waals surface area contributed by atoms with Crippen LogP contribution in [0.2, 0.25) is 0 Å². The first-order chi connectivity index (χ1) is 8.76. The van der Waals surface area contributed by atoms with E-state index in [1.54, 1.807) is 0 Å². The van der Waals surface area contributed by atoms with Gasteiger partial charge in [-0.1, -0.05) is 32.0 Å². The van der Waals surface area contributed by atoms with Crippen molar-refractivity contribution in [3.05, 3.63) is 35.9 Å². The summed E-state index contributed by atoms with van der Waals surface area (Å²) in [6.45, 7) is 8.77. The van der Waals surface area contributed by atoms with E-state index in [1.807, 2.05) is 0 Å². The van der Waals surface area contributed by atoms with Gasteiger partial charge >= 0.3 is 0 Å². The molecule has 18 heavy (non-hydrogen) atoms. The predicted molar refractivity (Wildman–Crippen MR) is 79.3 cm³/mol. The fourth-order valence-corrected chi connectivity index (χ4v) is 2.37. The van der Waals surface area contributed by atoms with Gasteiger partial charge in [-0.3, -0.25) is 0 Å². The van der Waals surface area contributed by atoms with E-state index in [2.05, 4.69) is 56.0 Å². The molecule has 0 aliphatic carbocycles. The van der Waals surface area contributed by atoms with Gasteiger partial charge in [-0.05, 0) is 37.5 Å². The number of aryl methyl sites for hydroxylation is 1. The van der Waals surface area contributed by atoms with Crippen LogP contribution in [0, 0.1) is 6.92 Å². The number of fused-ring (bicyclic) bond motifs is 1. The normalized spacial score (nSPS) is 10.8. The molecule has 0 radical (unpaired) electrons. The van der Waals surface area contributed by atoms with Crippen molar-refractivity contribution in [1.29, 1.82) is 0 Å². The van der Waals surface area contributed by atoms with Gasteiger partial charge in [0.1, 0.15) is 5.82 Å². The topological polar surface area (TPSA) is 16.1 Å². The summed E-state index contributed by atoms with van der Waals surface area (Å²) in [6, 6.07) is 10.6. The summed E-state index contributed by atoms with van der Waals surface area (Å²) in [5.74, 6) is 1.12. The Morgan fingerprint density at radius 3 is 2.39 bits per heavy atom. The molecule has 0 spiro atoms.